The summed E-state index contributed by atoms with van der Waals surface area (Å²) in [6, 6.07) is 14.1. The van der Waals surface area contributed by atoms with Crippen LogP contribution in [0.25, 0.3) is 11.0 Å². The first-order valence-electron chi connectivity index (χ1n) is 13.6. The van der Waals surface area contributed by atoms with E-state index in [2.05, 4.69) is 29.4 Å². The predicted molar refractivity (Wildman–Crippen MR) is 153 cm³/mol. The number of anilines is 1. The maximum atomic E-state index is 12.8. The van der Waals surface area contributed by atoms with Gasteiger partial charge < -0.3 is 37.9 Å². The molecule has 2 aromatic heterocycles. The van der Waals surface area contributed by atoms with Gasteiger partial charge in [0.05, 0.1) is 19.8 Å². The van der Waals surface area contributed by atoms with Crippen molar-refractivity contribution in [3.63, 3.8) is 0 Å². The van der Waals surface area contributed by atoms with E-state index in [1.54, 1.807) is 13.8 Å². The molecule has 218 valence electrons. The van der Waals surface area contributed by atoms with Gasteiger partial charge in [-0.15, -0.1) is 0 Å². The molecule has 2 aliphatic heterocycles. The summed E-state index contributed by atoms with van der Waals surface area (Å²) in [5, 5.41) is 4.83. The second-order valence-electron chi connectivity index (χ2n) is 10.3. The summed E-state index contributed by atoms with van der Waals surface area (Å²) in [6.45, 7) is 10.0. The van der Waals surface area contributed by atoms with Gasteiger partial charge in [0.2, 0.25) is 0 Å². The van der Waals surface area contributed by atoms with E-state index in [1.807, 2.05) is 54.9 Å². The smallest absolute Gasteiger partial charge is 0.356 e. The Hall–Kier alpha value is -2.01. The monoisotopic (exact) mass is 593 g/mol. The van der Waals surface area contributed by atoms with E-state index in [1.165, 1.54) is 0 Å². The van der Waals surface area contributed by atoms with Crippen LogP contribution in [0, 0.1) is 0 Å². The zero-order chi connectivity index (χ0) is 28.5. The first-order chi connectivity index (χ1) is 19.1. The van der Waals surface area contributed by atoms with E-state index >= 15 is 0 Å². The molecule has 0 saturated carbocycles. The number of pyridine rings is 1. The van der Waals surface area contributed by atoms with Gasteiger partial charge in [-0.3, -0.25) is 4.57 Å². The average molecular weight is 594 g/mol. The molecule has 1 aromatic carbocycles. The second kappa shape index (κ2) is 12.1. The zero-order valence-electron chi connectivity index (χ0n) is 23.4. The molecule has 1 N–H and O–H groups in total. The lowest BCUT2D eigenvalue weighted by molar-refractivity contribution is -0.201. The van der Waals surface area contributed by atoms with Gasteiger partial charge in [0.25, 0.3) is 0 Å². The topological polar surface area (TPSA) is 102 Å². The van der Waals surface area contributed by atoms with Crippen molar-refractivity contribution >= 4 is 35.9 Å². The molecule has 2 fully saturated rings. The number of benzene rings is 1. The maximum Gasteiger partial charge on any atom is 0.356 e. The minimum atomic E-state index is -3.36. The number of ether oxygens (including phenoxy) is 4. The van der Waals surface area contributed by atoms with Crippen molar-refractivity contribution in [3.8, 4) is 0 Å². The van der Waals surface area contributed by atoms with E-state index in [0.29, 0.717) is 10.8 Å². The Bertz CT molecular complexity index is 1340. The highest BCUT2D eigenvalue weighted by molar-refractivity contribution is 7.53. The van der Waals surface area contributed by atoms with Crippen molar-refractivity contribution in [2.75, 3.05) is 31.5 Å². The third-order valence-electron chi connectivity index (χ3n) is 6.91. The summed E-state index contributed by atoms with van der Waals surface area (Å²) < 4.78 is 50.2. The van der Waals surface area contributed by atoms with Crippen molar-refractivity contribution in [2.45, 2.75) is 71.0 Å². The number of nitrogens with zero attached hydrogens (tertiary/aromatic N) is 2. The summed E-state index contributed by atoms with van der Waals surface area (Å²) in [4.78, 5) is 4.64. The standard InChI is InChI=1S/C28H37ClN3O7P/c1-6-35-40(33,36-7-2)17-34-16-22-24-25(39-28(4,5)38-24)27(37-22)32-14-13-20-21(15-23(29)31-26(20)32)30-18(3)19-11-9-8-10-12-19/h8-15,18,22,24-25,27H,6-7,16-17H2,1-5H3,(H,30,31)/t18-,22?,24-,25-,27-/m1/s1. The molecule has 10 nitrogen and oxygen atoms in total. The Morgan fingerprint density at radius 1 is 1.12 bits per heavy atom. The number of hydrogen-bond donors (Lipinski definition) is 1. The van der Waals surface area contributed by atoms with Gasteiger partial charge in [0.15, 0.2) is 12.0 Å². The molecule has 0 bridgehead atoms. The lowest BCUT2D eigenvalue weighted by atomic mass is 10.1. The highest BCUT2D eigenvalue weighted by Crippen LogP contribution is 2.49. The van der Waals surface area contributed by atoms with Gasteiger partial charge >= 0.3 is 7.60 Å². The Morgan fingerprint density at radius 2 is 1.82 bits per heavy atom. The normalized spacial score (nSPS) is 24.9. The van der Waals surface area contributed by atoms with Crippen LogP contribution < -0.4 is 5.32 Å². The largest absolute Gasteiger partial charge is 0.378 e. The number of fused-ring (bicyclic) bond motifs is 2. The van der Waals surface area contributed by atoms with Gasteiger partial charge in [-0.25, -0.2) is 4.98 Å². The van der Waals surface area contributed by atoms with Crippen molar-refractivity contribution in [1.29, 1.82) is 0 Å². The van der Waals surface area contributed by atoms with E-state index < -0.39 is 37.9 Å². The molecule has 0 spiro atoms. The van der Waals surface area contributed by atoms with Gasteiger partial charge in [-0.2, -0.15) is 0 Å². The molecule has 5 atom stereocenters. The first kappa shape index (κ1) is 29.5. The highest BCUT2D eigenvalue weighted by atomic mass is 35.5. The number of aromatic nitrogens is 2. The number of nitrogens with one attached hydrogen (secondary N) is 1. The average Bonchev–Trinajstić information content (AvgIpc) is 3.56. The summed E-state index contributed by atoms with van der Waals surface area (Å²) in [5.41, 5.74) is 2.68. The minimum absolute atomic E-state index is 0.0524. The molecule has 40 heavy (non-hydrogen) atoms. The number of hydrogen-bond acceptors (Lipinski definition) is 9. The van der Waals surface area contributed by atoms with Gasteiger partial charge in [-0.05, 0) is 52.3 Å². The fourth-order valence-corrected chi connectivity index (χ4v) is 6.81. The van der Waals surface area contributed by atoms with Crippen LogP contribution in [0.15, 0.2) is 48.7 Å². The fraction of sp³-hybridized carbons (Fsp3) is 0.536. The zero-order valence-corrected chi connectivity index (χ0v) is 25.1. The van der Waals surface area contributed by atoms with Crippen LogP contribution >= 0.6 is 19.2 Å². The van der Waals surface area contributed by atoms with E-state index in [4.69, 9.17) is 39.6 Å². The molecule has 2 aliphatic rings. The van der Waals surface area contributed by atoms with Gasteiger partial charge in [0, 0.05) is 23.3 Å². The molecule has 4 heterocycles. The van der Waals surface area contributed by atoms with Crippen LogP contribution in [0.5, 0.6) is 0 Å². The first-order valence-corrected chi connectivity index (χ1v) is 15.7. The Morgan fingerprint density at radius 3 is 2.52 bits per heavy atom. The molecule has 0 aliphatic carbocycles. The molecule has 12 heteroatoms. The van der Waals surface area contributed by atoms with Crippen molar-refractivity contribution in [3.05, 3.63) is 59.4 Å². The van der Waals surface area contributed by atoms with Gasteiger partial charge in [-0.1, -0.05) is 41.9 Å². The van der Waals surface area contributed by atoms with Crippen LogP contribution in [0.3, 0.4) is 0 Å². The van der Waals surface area contributed by atoms with Crippen LogP contribution in [-0.2, 0) is 32.6 Å². The number of halogens is 1. The number of rotatable bonds is 12. The summed E-state index contributed by atoms with van der Waals surface area (Å²) in [6.07, 6.45) is -0.130. The summed E-state index contributed by atoms with van der Waals surface area (Å²) in [5.74, 6) is -0.812. The molecule has 1 unspecified atom stereocenters. The van der Waals surface area contributed by atoms with E-state index in [0.717, 1.165) is 16.6 Å². The molecular formula is C28H37ClN3O7P. The predicted octanol–water partition coefficient (Wildman–Crippen LogP) is 6.52. The third kappa shape index (κ3) is 6.25. The van der Waals surface area contributed by atoms with Crippen LogP contribution in [0.2, 0.25) is 5.15 Å². The van der Waals surface area contributed by atoms with Crippen molar-refractivity contribution in [2.24, 2.45) is 0 Å². The third-order valence-corrected chi connectivity index (χ3v) is 8.90. The van der Waals surface area contributed by atoms with E-state index in [9.17, 15) is 4.57 Å². The SMILES string of the molecule is CCOP(=O)(COCC1O[C@@H](n2ccc3c(N[C@H](C)c4ccccc4)cc(Cl)nc32)[C@@H]2OC(C)(C)O[C@H]12)OCC. The quantitative estimate of drug-likeness (QED) is 0.186. The van der Waals surface area contributed by atoms with Crippen LogP contribution in [-0.4, -0.2) is 59.8 Å². The fourth-order valence-electron chi connectivity index (χ4n) is 5.28. The van der Waals surface area contributed by atoms with E-state index in [-0.39, 0.29) is 32.2 Å². The molecule has 5 rings (SSSR count). The Labute approximate surface area is 239 Å². The maximum absolute atomic E-state index is 12.8. The summed E-state index contributed by atoms with van der Waals surface area (Å²) in [7, 11) is -3.36. The van der Waals surface area contributed by atoms with Gasteiger partial charge in [0.1, 0.15) is 35.5 Å². The van der Waals surface area contributed by atoms with Crippen molar-refractivity contribution < 1.29 is 32.6 Å². The molecule has 2 saturated heterocycles. The Balaban J connectivity index is 1.38. The highest BCUT2D eigenvalue weighted by Gasteiger charge is 2.56. The lowest BCUT2D eigenvalue weighted by Gasteiger charge is -2.25. The van der Waals surface area contributed by atoms with Crippen LogP contribution in [0.4, 0.5) is 5.69 Å². The Kier molecular flexibility index (Phi) is 8.90. The molecule has 0 radical (unpaired) electrons. The lowest BCUT2D eigenvalue weighted by Crippen LogP contribution is -2.33. The van der Waals surface area contributed by atoms with Crippen LogP contribution in [0.1, 0.15) is 52.5 Å². The molecule has 3 aromatic rings. The molecule has 0 amide bonds. The van der Waals surface area contributed by atoms with Crippen molar-refractivity contribution in [1.82, 2.24) is 9.55 Å². The minimum Gasteiger partial charge on any atom is -0.378 e. The molecular weight excluding hydrogens is 557 g/mol. The second-order valence-corrected chi connectivity index (χ2v) is 12.7. The summed E-state index contributed by atoms with van der Waals surface area (Å²) >= 11 is 6.51.